The lowest BCUT2D eigenvalue weighted by molar-refractivity contribution is 0.392. The first kappa shape index (κ1) is 8.04. The summed E-state index contributed by atoms with van der Waals surface area (Å²) in [5.41, 5.74) is 2.09. The minimum Gasteiger partial charge on any atom is -0.361 e. The van der Waals surface area contributed by atoms with Crippen LogP contribution in [-0.2, 0) is 6.54 Å². The molecule has 0 saturated heterocycles. The Kier molecular flexibility index (Phi) is 1.88. The summed E-state index contributed by atoms with van der Waals surface area (Å²) in [6.07, 6.45) is 5.47. The van der Waals surface area contributed by atoms with Crippen LogP contribution in [0.25, 0.3) is 0 Å². The molecule has 2 aromatic rings. The number of hydrogen-bond donors (Lipinski definition) is 0. The van der Waals surface area contributed by atoms with Gasteiger partial charge in [0.15, 0.2) is 0 Å². The van der Waals surface area contributed by atoms with Crippen LogP contribution in [0.4, 0.5) is 0 Å². The molecule has 0 spiro atoms. The van der Waals surface area contributed by atoms with Crippen molar-refractivity contribution in [3.63, 3.8) is 0 Å². The Morgan fingerprint density at radius 2 is 2.31 bits per heavy atom. The van der Waals surface area contributed by atoms with Gasteiger partial charge in [-0.05, 0) is 13.8 Å². The lowest BCUT2D eigenvalue weighted by Gasteiger charge is -1.99. The van der Waals surface area contributed by atoms with E-state index < -0.39 is 0 Å². The van der Waals surface area contributed by atoms with Gasteiger partial charge in [-0.15, -0.1) is 0 Å². The molecule has 2 heterocycles. The monoisotopic (exact) mass is 177 g/mol. The first-order valence-corrected chi connectivity index (χ1v) is 4.15. The number of aromatic nitrogens is 3. The van der Waals surface area contributed by atoms with Crippen molar-refractivity contribution < 1.29 is 4.52 Å². The Morgan fingerprint density at radius 1 is 1.46 bits per heavy atom. The smallest absolute Gasteiger partial charge is 0.138 e. The van der Waals surface area contributed by atoms with E-state index in [0.29, 0.717) is 0 Å². The van der Waals surface area contributed by atoms with Crippen molar-refractivity contribution >= 4 is 0 Å². The highest BCUT2D eigenvalue weighted by atomic mass is 16.5. The van der Waals surface area contributed by atoms with Gasteiger partial charge in [0.2, 0.25) is 0 Å². The van der Waals surface area contributed by atoms with Crippen LogP contribution in [0.2, 0.25) is 0 Å². The van der Waals surface area contributed by atoms with E-state index in [4.69, 9.17) is 4.52 Å². The summed E-state index contributed by atoms with van der Waals surface area (Å²) in [5.74, 6) is 0.881. The predicted molar refractivity (Wildman–Crippen MR) is 47.3 cm³/mol. The van der Waals surface area contributed by atoms with E-state index in [-0.39, 0.29) is 0 Å². The van der Waals surface area contributed by atoms with Crippen LogP contribution in [0.15, 0.2) is 23.2 Å². The van der Waals surface area contributed by atoms with Crippen molar-refractivity contribution in [3.8, 4) is 0 Å². The summed E-state index contributed by atoms with van der Waals surface area (Å²) in [6.45, 7) is 4.65. The average Bonchev–Trinajstić information content (AvgIpc) is 2.70. The zero-order valence-electron chi connectivity index (χ0n) is 7.69. The highest BCUT2D eigenvalue weighted by molar-refractivity contribution is 5.20. The fourth-order valence-corrected chi connectivity index (χ4v) is 1.29. The molecule has 0 saturated carbocycles. The van der Waals surface area contributed by atoms with E-state index in [1.54, 1.807) is 12.5 Å². The Morgan fingerprint density at radius 3 is 2.85 bits per heavy atom. The minimum absolute atomic E-state index is 0.779. The maximum atomic E-state index is 5.06. The quantitative estimate of drug-likeness (QED) is 0.698. The third-order valence-corrected chi connectivity index (χ3v) is 2.08. The molecule has 2 aromatic heterocycles. The van der Waals surface area contributed by atoms with Gasteiger partial charge < -0.3 is 9.09 Å². The highest BCUT2D eigenvalue weighted by Crippen LogP contribution is 2.13. The molecule has 13 heavy (non-hydrogen) atoms. The van der Waals surface area contributed by atoms with Gasteiger partial charge in [0.25, 0.3) is 0 Å². The molecule has 0 unspecified atom stereocenters. The van der Waals surface area contributed by atoms with Crippen molar-refractivity contribution in [1.29, 1.82) is 0 Å². The normalized spacial score (nSPS) is 10.6. The second kappa shape index (κ2) is 3.05. The first-order valence-electron chi connectivity index (χ1n) is 4.15. The number of rotatable bonds is 2. The SMILES string of the molecule is Cc1noc(C)c1Cn1ccnc1. The molecule has 0 aliphatic carbocycles. The molecule has 0 aliphatic rings. The Balaban J connectivity index is 2.27. The Bertz CT molecular complexity index is 369. The summed E-state index contributed by atoms with van der Waals surface area (Å²) in [6, 6.07) is 0. The van der Waals surface area contributed by atoms with Gasteiger partial charge in [-0.25, -0.2) is 4.98 Å². The molecular weight excluding hydrogens is 166 g/mol. The van der Waals surface area contributed by atoms with Crippen molar-refractivity contribution in [1.82, 2.24) is 14.7 Å². The highest BCUT2D eigenvalue weighted by Gasteiger charge is 2.08. The minimum atomic E-state index is 0.779. The third kappa shape index (κ3) is 1.47. The molecule has 4 heteroatoms. The maximum Gasteiger partial charge on any atom is 0.138 e. The maximum absolute atomic E-state index is 5.06. The van der Waals surface area contributed by atoms with Crippen molar-refractivity contribution in [2.75, 3.05) is 0 Å². The Hall–Kier alpha value is -1.58. The molecule has 4 nitrogen and oxygen atoms in total. The zero-order valence-corrected chi connectivity index (χ0v) is 7.69. The van der Waals surface area contributed by atoms with E-state index in [0.717, 1.165) is 23.6 Å². The van der Waals surface area contributed by atoms with E-state index in [1.807, 2.05) is 24.6 Å². The third-order valence-electron chi connectivity index (χ3n) is 2.08. The number of nitrogens with zero attached hydrogens (tertiary/aromatic N) is 3. The Labute approximate surface area is 76.2 Å². The molecule has 0 fully saturated rings. The van der Waals surface area contributed by atoms with Gasteiger partial charge in [0.05, 0.1) is 18.6 Å². The van der Waals surface area contributed by atoms with E-state index >= 15 is 0 Å². The molecule has 0 atom stereocenters. The molecular formula is C9H11N3O. The van der Waals surface area contributed by atoms with Crippen molar-refractivity contribution in [2.24, 2.45) is 0 Å². The van der Waals surface area contributed by atoms with Gasteiger partial charge in [-0.1, -0.05) is 5.16 Å². The van der Waals surface area contributed by atoms with E-state index in [1.165, 1.54) is 0 Å². The first-order chi connectivity index (χ1) is 6.27. The topological polar surface area (TPSA) is 43.9 Å². The van der Waals surface area contributed by atoms with Gasteiger partial charge in [-0.3, -0.25) is 0 Å². The standard InChI is InChI=1S/C9H11N3O/c1-7-9(8(2)13-11-7)5-12-4-3-10-6-12/h3-4,6H,5H2,1-2H3. The summed E-state index contributed by atoms with van der Waals surface area (Å²) < 4.78 is 7.05. The zero-order chi connectivity index (χ0) is 9.26. The molecule has 0 aromatic carbocycles. The fraction of sp³-hybridized carbons (Fsp3) is 0.333. The summed E-state index contributed by atoms with van der Waals surface area (Å²) in [5, 5.41) is 3.89. The number of aryl methyl sites for hydroxylation is 2. The lowest BCUT2D eigenvalue weighted by atomic mass is 10.2. The van der Waals surface area contributed by atoms with Crippen LogP contribution in [0.1, 0.15) is 17.0 Å². The average molecular weight is 177 g/mol. The van der Waals surface area contributed by atoms with Gasteiger partial charge in [0, 0.05) is 18.0 Å². The molecule has 0 N–H and O–H groups in total. The predicted octanol–water partition coefficient (Wildman–Crippen LogP) is 1.54. The van der Waals surface area contributed by atoms with E-state index in [2.05, 4.69) is 10.1 Å². The molecule has 0 aliphatic heterocycles. The second-order valence-corrected chi connectivity index (χ2v) is 3.04. The van der Waals surface area contributed by atoms with Crippen LogP contribution in [0.5, 0.6) is 0 Å². The molecule has 2 rings (SSSR count). The molecule has 68 valence electrons. The number of hydrogen-bond acceptors (Lipinski definition) is 3. The number of imidazole rings is 1. The van der Waals surface area contributed by atoms with Crippen LogP contribution in [0, 0.1) is 13.8 Å². The lowest BCUT2D eigenvalue weighted by Crippen LogP contribution is -1.98. The molecule has 0 radical (unpaired) electrons. The van der Waals surface area contributed by atoms with Crippen molar-refractivity contribution in [2.45, 2.75) is 20.4 Å². The van der Waals surface area contributed by atoms with Crippen LogP contribution < -0.4 is 0 Å². The van der Waals surface area contributed by atoms with Gasteiger partial charge >= 0.3 is 0 Å². The molecule has 0 bridgehead atoms. The summed E-state index contributed by atoms with van der Waals surface area (Å²) >= 11 is 0. The summed E-state index contributed by atoms with van der Waals surface area (Å²) in [4.78, 5) is 3.97. The summed E-state index contributed by atoms with van der Waals surface area (Å²) in [7, 11) is 0. The van der Waals surface area contributed by atoms with Gasteiger partial charge in [-0.2, -0.15) is 0 Å². The van der Waals surface area contributed by atoms with Crippen LogP contribution >= 0.6 is 0 Å². The molecule has 0 amide bonds. The fourth-order valence-electron chi connectivity index (χ4n) is 1.29. The van der Waals surface area contributed by atoms with Crippen LogP contribution in [-0.4, -0.2) is 14.7 Å². The van der Waals surface area contributed by atoms with E-state index in [9.17, 15) is 0 Å². The van der Waals surface area contributed by atoms with Crippen molar-refractivity contribution in [3.05, 3.63) is 35.7 Å². The van der Waals surface area contributed by atoms with Crippen LogP contribution in [0.3, 0.4) is 0 Å². The largest absolute Gasteiger partial charge is 0.361 e. The van der Waals surface area contributed by atoms with Gasteiger partial charge in [0.1, 0.15) is 5.76 Å². The second-order valence-electron chi connectivity index (χ2n) is 3.04.